The number of benzene rings is 1. The van der Waals surface area contributed by atoms with Crippen LogP contribution in [0.4, 0.5) is 0 Å². The van der Waals surface area contributed by atoms with E-state index in [0.717, 1.165) is 5.75 Å². The van der Waals surface area contributed by atoms with Gasteiger partial charge < -0.3 is 9.47 Å². The Kier molecular flexibility index (Phi) is 4.83. The molecule has 0 radical (unpaired) electrons. The maximum absolute atomic E-state index is 11.1. The lowest BCUT2D eigenvalue weighted by Crippen LogP contribution is -2.09. The number of carbonyl (C=O) groups excluding carboxylic acids is 1. The maximum atomic E-state index is 11.1. The van der Waals surface area contributed by atoms with Gasteiger partial charge in [0.15, 0.2) is 0 Å². The SMILES string of the molecule is CCOC(=O)CCOc1ccc(C)c(C)c1. The summed E-state index contributed by atoms with van der Waals surface area (Å²) < 4.78 is 10.3. The van der Waals surface area contributed by atoms with Gasteiger partial charge in [-0.25, -0.2) is 0 Å². The molecule has 3 heteroatoms. The van der Waals surface area contributed by atoms with Crippen LogP contribution in [0.15, 0.2) is 18.2 Å². The highest BCUT2D eigenvalue weighted by molar-refractivity contribution is 5.69. The van der Waals surface area contributed by atoms with Gasteiger partial charge in [0.1, 0.15) is 5.75 Å². The molecule has 0 saturated heterocycles. The van der Waals surface area contributed by atoms with E-state index in [0.29, 0.717) is 19.6 Å². The first kappa shape index (κ1) is 12.6. The van der Waals surface area contributed by atoms with Gasteiger partial charge in [0.25, 0.3) is 0 Å². The Morgan fingerprint density at radius 2 is 2.00 bits per heavy atom. The molecule has 3 nitrogen and oxygen atoms in total. The summed E-state index contributed by atoms with van der Waals surface area (Å²) in [6, 6.07) is 5.89. The molecule has 0 fully saturated rings. The van der Waals surface area contributed by atoms with Gasteiger partial charge in [-0.2, -0.15) is 0 Å². The van der Waals surface area contributed by atoms with Crippen molar-refractivity contribution in [2.45, 2.75) is 27.2 Å². The van der Waals surface area contributed by atoms with Crippen LogP contribution in [-0.2, 0) is 9.53 Å². The standard InChI is InChI=1S/C13H18O3/c1-4-15-13(14)7-8-16-12-6-5-10(2)11(3)9-12/h5-6,9H,4,7-8H2,1-3H3. The smallest absolute Gasteiger partial charge is 0.309 e. The Hall–Kier alpha value is -1.51. The van der Waals surface area contributed by atoms with E-state index >= 15 is 0 Å². The highest BCUT2D eigenvalue weighted by atomic mass is 16.5. The Bertz CT molecular complexity index is 358. The predicted molar refractivity (Wildman–Crippen MR) is 62.7 cm³/mol. The molecule has 16 heavy (non-hydrogen) atoms. The minimum absolute atomic E-state index is 0.216. The summed E-state index contributed by atoms with van der Waals surface area (Å²) in [6.45, 7) is 6.66. The predicted octanol–water partition coefficient (Wildman–Crippen LogP) is 2.64. The highest BCUT2D eigenvalue weighted by Gasteiger charge is 2.02. The van der Waals surface area contributed by atoms with Crippen molar-refractivity contribution < 1.29 is 14.3 Å². The third-order valence-corrected chi connectivity index (χ3v) is 2.36. The van der Waals surface area contributed by atoms with Crippen molar-refractivity contribution in [3.05, 3.63) is 29.3 Å². The molecule has 0 heterocycles. The van der Waals surface area contributed by atoms with Gasteiger partial charge in [0.2, 0.25) is 0 Å². The largest absolute Gasteiger partial charge is 0.493 e. The van der Waals surface area contributed by atoms with Gasteiger partial charge in [-0.3, -0.25) is 4.79 Å². The molecule has 0 amide bonds. The zero-order valence-electron chi connectivity index (χ0n) is 10.1. The van der Waals surface area contributed by atoms with Gasteiger partial charge in [0.05, 0.1) is 19.6 Å². The minimum atomic E-state index is -0.216. The van der Waals surface area contributed by atoms with E-state index in [4.69, 9.17) is 9.47 Å². The zero-order chi connectivity index (χ0) is 12.0. The zero-order valence-corrected chi connectivity index (χ0v) is 10.1. The number of ether oxygens (including phenoxy) is 2. The van der Waals surface area contributed by atoms with Crippen LogP contribution in [0.3, 0.4) is 0 Å². The Morgan fingerprint density at radius 1 is 1.25 bits per heavy atom. The molecule has 1 aromatic rings. The van der Waals surface area contributed by atoms with Gasteiger partial charge in [-0.15, -0.1) is 0 Å². The molecule has 0 N–H and O–H groups in total. The van der Waals surface area contributed by atoms with Crippen molar-refractivity contribution >= 4 is 5.97 Å². The molecular weight excluding hydrogens is 204 g/mol. The fraction of sp³-hybridized carbons (Fsp3) is 0.462. The first-order chi connectivity index (χ1) is 7.63. The number of rotatable bonds is 5. The number of aryl methyl sites for hydroxylation is 2. The number of carbonyl (C=O) groups is 1. The first-order valence-corrected chi connectivity index (χ1v) is 5.49. The van der Waals surface area contributed by atoms with Crippen molar-refractivity contribution in [1.29, 1.82) is 0 Å². The van der Waals surface area contributed by atoms with Crippen molar-refractivity contribution in [2.24, 2.45) is 0 Å². The second-order valence-electron chi connectivity index (χ2n) is 3.65. The fourth-order valence-corrected chi connectivity index (χ4v) is 1.29. The van der Waals surface area contributed by atoms with Gasteiger partial charge in [0, 0.05) is 0 Å². The summed E-state index contributed by atoms with van der Waals surface area (Å²) in [4.78, 5) is 11.1. The van der Waals surface area contributed by atoms with Gasteiger partial charge >= 0.3 is 5.97 Å². The van der Waals surface area contributed by atoms with Crippen molar-refractivity contribution in [2.75, 3.05) is 13.2 Å². The average Bonchev–Trinajstić information content (AvgIpc) is 2.24. The molecule has 0 atom stereocenters. The van der Waals surface area contributed by atoms with Crippen molar-refractivity contribution in [1.82, 2.24) is 0 Å². The number of hydrogen-bond acceptors (Lipinski definition) is 3. The number of esters is 1. The lowest BCUT2D eigenvalue weighted by atomic mass is 10.1. The van der Waals surface area contributed by atoms with Crippen LogP contribution in [0.1, 0.15) is 24.5 Å². The average molecular weight is 222 g/mol. The highest BCUT2D eigenvalue weighted by Crippen LogP contribution is 2.16. The normalized spacial score (nSPS) is 9.94. The Morgan fingerprint density at radius 3 is 2.62 bits per heavy atom. The van der Waals surface area contributed by atoms with E-state index in [1.54, 1.807) is 6.92 Å². The van der Waals surface area contributed by atoms with E-state index in [2.05, 4.69) is 6.92 Å². The first-order valence-electron chi connectivity index (χ1n) is 5.49. The molecule has 0 bridgehead atoms. The monoisotopic (exact) mass is 222 g/mol. The van der Waals surface area contributed by atoms with Crippen LogP contribution < -0.4 is 4.74 Å². The molecule has 1 rings (SSSR count). The molecule has 0 aliphatic rings. The second-order valence-corrected chi connectivity index (χ2v) is 3.65. The summed E-state index contributed by atoms with van der Waals surface area (Å²) in [7, 11) is 0. The Balaban J connectivity index is 2.37. The van der Waals surface area contributed by atoms with Crippen LogP contribution in [0.2, 0.25) is 0 Å². The molecule has 0 aliphatic carbocycles. The van der Waals surface area contributed by atoms with E-state index < -0.39 is 0 Å². The molecule has 0 aliphatic heterocycles. The second kappa shape index (κ2) is 6.16. The summed E-state index contributed by atoms with van der Waals surface area (Å²) in [6.07, 6.45) is 0.292. The summed E-state index contributed by atoms with van der Waals surface area (Å²) >= 11 is 0. The molecule has 0 spiro atoms. The molecule has 0 unspecified atom stereocenters. The quantitative estimate of drug-likeness (QED) is 0.718. The van der Waals surface area contributed by atoms with Crippen molar-refractivity contribution in [3.63, 3.8) is 0 Å². The van der Waals surface area contributed by atoms with E-state index in [-0.39, 0.29) is 5.97 Å². The van der Waals surface area contributed by atoms with E-state index in [9.17, 15) is 4.79 Å². The van der Waals surface area contributed by atoms with E-state index in [1.165, 1.54) is 11.1 Å². The van der Waals surface area contributed by atoms with Crippen LogP contribution in [0.25, 0.3) is 0 Å². The summed E-state index contributed by atoms with van der Waals surface area (Å²) in [5.74, 6) is 0.582. The molecule has 0 aromatic heterocycles. The van der Waals surface area contributed by atoms with Crippen LogP contribution in [0.5, 0.6) is 5.75 Å². The summed E-state index contributed by atoms with van der Waals surface area (Å²) in [5.41, 5.74) is 2.42. The molecule has 1 aromatic carbocycles. The third-order valence-electron chi connectivity index (χ3n) is 2.36. The van der Waals surface area contributed by atoms with Gasteiger partial charge in [-0.05, 0) is 44.0 Å². The minimum Gasteiger partial charge on any atom is -0.493 e. The Labute approximate surface area is 96.4 Å². The number of hydrogen-bond donors (Lipinski definition) is 0. The van der Waals surface area contributed by atoms with E-state index in [1.807, 2.05) is 25.1 Å². The lowest BCUT2D eigenvalue weighted by molar-refractivity contribution is -0.143. The lowest BCUT2D eigenvalue weighted by Gasteiger charge is -2.07. The molecule has 0 saturated carbocycles. The third kappa shape index (κ3) is 3.93. The van der Waals surface area contributed by atoms with Gasteiger partial charge in [-0.1, -0.05) is 6.07 Å². The van der Waals surface area contributed by atoms with Crippen molar-refractivity contribution in [3.8, 4) is 5.75 Å². The fourth-order valence-electron chi connectivity index (χ4n) is 1.29. The molecular formula is C13H18O3. The van der Waals surface area contributed by atoms with Crippen LogP contribution in [-0.4, -0.2) is 19.2 Å². The maximum Gasteiger partial charge on any atom is 0.309 e. The molecule has 88 valence electrons. The topological polar surface area (TPSA) is 35.5 Å². The summed E-state index contributed by atoms with van der Waals surface area (Å²) in [5, 5.41) is 0. The van der Waals surface area contributed by atoms with Crippen LogP contribution >= 0.6 is 0 Å². The van der Waals surface area contributed by atoms with Crippen LogP contribution in [0, 0.1) is 13.8 Å².